The van der Waals surface area contributed by atoms with Gasteiger partial charge in [-0.15, -0.1) is 0 Å². The van der Waals surface area contributed by atoms with Crippen LogP contribution in [0.3, 0.4) is 0 Å². The number of hydrogen-bond donors (Lipinski definition) is 1. The molecule has 18 heavy (non-hydrogen) atoms. The lowest BCUT2D eigenvalue weighted by molar-refractivity contribution is 0.196. The zero-order valence-electron chi connectivity index (χ0n) is 11.9. The maximum Gasteiger partial charge on any atom is 0.218 e. The van der Waals surface area contributed by atoms with Crippen LogP contribution >= 0.6 is 0 Å². The van der Waals surface area contributed by atoms with Gasteiger partial charge >= 0.3 is 0 Å². The quantitative estimate of drug-likeness (QED) is 0.717. The number of pyridine rings is 1. The number of hydrogen-bond acceptors (Lipinski definition) is 3. The van der Waals surface area contributed by atoms with Gasteiger partial charge in [0.25, 0.3) is 0 Å². The Labute approximate surface area is 111 Å². The van der Waals surface area contributed by atoms with Crippen LogP contribution in [0.2, 0.25) is 0 Å². The number of aryl methyl sites for hydroxylation is 1. The molecule has 0 saturated heterocycles. The van der Waals surface area contributed by atoms with Crippen LogP contribution in [0, 0.1) is 6.92 Å². The van der Waals surface area contributed by atoms with Crippen molar-refractivity contribution >= 4 is 0 Å². The number of rotatable bonds is 8. The molecule has 1 heterocycles. The smallest absolute Gasteiger partial charge is 0.218 e. The summed E-state index contributed by atoms with van der Waals surface area (Å²) in [6.45, 7) is 6.78. The molecular weight excluding hydrogens is 224 g/mol. The fourth-order valence-corrected chi connectivity index (χ4v) is 1.93. The average molecular weight is 250 g/mol. The van der Waals surface area contributed by atoms with E-state index in [1.54, 1.807) is 0 Å². The highest BCUT2D eigenvalue weighted by Gasteiger charge is 2.09. The van der Waals surface area contributed by atoms with Crippen molar-refractivity contribution in [2.24, 2.45) is 5.73 Å². The van der Waals surface area contributed by atoms with Crippen LogP contribution < -0.4 is 10.5 Å². The van der Waals surface area contributed by atoms with E-state index in [1.807, 2.05) is 19.1 Å². The maximum atomic E-state index is 5.91. The summed E-state index contributed by atoms with van der Waals surface area (Å²) in [6, 6.07) is 3.97. The SMILES string of the molecule is CCCCCCC(C)Oc1nc(C)ccc1CN. The van der Waals surface area contributed by atoms with E-state index in [0.29, 0.717) is 12.4 Å². The Hall–Kier alpha value is -1.09. The molecule has 0 bridgehead atoms. The molecule has 3 nitrogen and oxygen atoms in total. The summed E-state index contributed by atoms with van der Waals surface area (Å²) in [5.74, 6) is 0.709. The Morgan fingerprint density at radius 1 is 1.28 bits per heavy atom. The topological polar surface area (TPSA) is 48.1 Å². The standard InChI is InChI=1S/C15H26N2O/c1-4-5-6-7-8-13(3)18-15-14(11-16)10-9-12(2)17-15/h9-10,13H,4-8,11,16H2,1-3H3. The van der Waals surface area contributed by atoms with E-state index in [-0.39, 0.29) is 6.10 Å². The minimum Gasteiger partial charge on any atom is -0.474 e. The molecule has 2 N–H and O–H groups in total. The van der Waals surface area contributed by atoms with Gasteiger partial charge in [-0.05, 0) is 32.8 Å². The molecule has 0 radical (unpaired) electrons. The van der Waals surface area contributed by atoms with Gasteiger partial charge in [0.1, 0.15) is 0 Å². The summed E-state index contributed by atoms with van der Waals surface area (Å²) in [6.07, 6.45) is 6.38. The van der Waals surface area contributed by atoms with Gasteiger partial charge in [-0.3, -0.25) is 0 Å². The predicted molar refractivity (Wildman–Crippen MR) is 75.7 cm³/mol. The summed E-state index contributed by atoms with van der Waals surface area (Å²) < 4.78 is 5.91. The van der Waals surface area contributed by atoms with Crippen molar-refractivity contribution in [1.82, 2.24) is 4.98 Å². The third-order valence-electron chi connectivity index (χ3n) is 3.08. The zero-order valence-corrected chi connectivity index (χ0v) is 11.9. The molecule has 3 heteroatoms. The first-order valence-corrected chi connectivity index (χ1v) is 7.00. The molecule has 0 saturated carbocycles. The molecule has 0 aliphatic carbocycles. The van der Waals surface area contributed by atoms with Crippen molar-refractivity contribution in [3.8, 4) is 5.88 Å². The van der Waals surface area contributed by atoms with Crippen LogP contribution in [0.4, 0.5) is 0 Å². The molecule has 1 aromatic heterocycles. The number of ether oxygens (including phenoxy) is 1. The number of unbranched alkanes of at least 4 members (excludes halogenated alkanes) is 3. The molecule has 1 atom stereocenters. The molecule has 0 spiro atoms. The van der Waals surface area contributed by atoms with E-state index in [0.717, 1.165) is 17.7 Å². The summed E-state index contributed by atoms with van der Waals surface area (Å²) >= 11 is 0. The molecule has 1 unspecified atom stereocenters. The minimum atomic E-state index is 0.210. The van der Waals surface area contributed by atoms with Crippen LogP contribution in [0.15, 0.2) is 12.1 Å². The van der Waals surface area contributed by atoms with Gasteiger partial charge in [0.2, 0.25) is 5.88 Å². The van der Waals surface area contributed by atoms with Gasteiger partial charge in [0, 0.05) is 17.8 Å². The van der Waals surface area contributed by atoms with E-state index in [9.17, 15) is 0 Å². The van der Waals surface area contributed by atoms with Gasteiger partial charge in [-0.2, -0.15) is 0 Å². The molecule has 0 amide bonds. The van der Waals surface area contributed by atoms with Gasteiger partial charge in [0.05, 0.1) is 6.10 Å². The summed E-state index contributed by atoms with van der Waals surface area (Å²) in [5.41, 5.74) is 7.66. The Morgan fingerprint density at radius 2 is 2.06 bits per heavy atom. The fourth-order valence-electron chi connectivity index (χ4n) is 1.93. The van der Waals surface area contributed by atoms with Crippen molar-refractivity contribution in [3.63, 3.8) is 0 Å². The molecule has 1 rings (SSSR count). The van der Waals surface area contributed by atoms with Crippen LogP contribution in [0.25, 0.3) is 0 Å². The first kappa shape index (κ1) is 15.0. The highest BCUT2D eigenvalue weighted by atomic mass is 16.5. The normalized spacial score (nSPS) is 12.4. The molecule has 0 aromatic carbocycles. The van der Waals surface area contributed by atoms with Gasteiger partial charge in [0.15, 0.2) is 0 Å². The predicted octanol–water partition coefficient (Wildman–Crippen LogP) is 3.59. The highest BCUT2D eigenvalue weighted by molar-refractivity contribution is 5.27. The molecule has 0 aliphatic rings. The molecule has 0 fully saturated rings. The Morgan fingerprint density at radius 3 is 2.72 bits per heavy atom. The summed E-state index contributed by atoms with van der Waals surface area (Å²) in [5, 5.41) is 0. The van der Waals surface area contributed by atoms with Crippen LogP contribution in [-0.4, -0.2) is 11.1 Å². The number of nitrogens with two attached hydrogens (primary N) is 1. The van der Waals surface area contributed by atoms with Crippen LogP contribution in [0.1, 0.15) is 57.2 Å². The zero-order chi connectivity index (χ0) is 13.4. The van der Waals surface area contributed by atoms with Crippen molar-refractivity contribution < 1.29 is 4.74 Å². The Kier molecular flexibility index (Phi) is 6.73. The lowest BCUT2D eigenvalue weighted by atomic mass is 10.1. The Balaban J connectivity index is 2.47. The van der Waals surface area contributed by atoms with E-state index in [2.05, 4.69) is 18.8 Å². The van der Waals surface area contributed by atoms with E-state index >= 15 is 0 Å². The van der Waals surface area contributed by atoms with Crippen molar-refractivity contribution in [2.45, 2.75) is 65.5 Å². The van der Waals surface area contributed by atoms with Gasteiger partial charge in [-0.1, -0.05) is 32.3 Å². The second-order valence-corrected chi connectivity index (χ2v) is 4.90. The highest BCUT2D eigenvalue weighted by Crippen LogP contribution is 2.18. The molecule has 102 valence electrons. The molecule has 1 aromatic rings. The molecular formula is C15H26N2O. The molecule has 0 aliphatic heterocycles. The first-order valence-electron chi connectivity index (χ1n) is 7.00. The second kappa shape index (κ2) is 8.09. The van der Waals surface area contributed by atoms with Crippen LogP contribution in [0.5, 0.6) is 5.88 Å². The van der Waals surface area contributed by atoms with Gasteiger partial charge < -0.3 is 10.5 Å². The third-order valence-corrected chi connectivity index (χ3v) is 3.08. The number of aromatic nitrogens is 1. The van der Waals surface area contributed by atoms with E-state index < -0.39 is 0 Å². The third kappa shape index (κ3) is 5.05. The number of nitrogens with zero attached hydrogens (tertiary/aromatic N) is 1. The summed E-state index contributed by atoms with van der Waals surface area (Å²) in [7, 11) is 0. The van der Waals surface area contributed by atoms with Gasteiger partial charge in [-0.25, -0.2) is 4.98 Å². The lowest BCUT2D eigenvalue weighted by Gasteiger charge is -2.16. The van der Waals surface area contributed by atoms with Crippen molar-refractivity contribution in [3.05, 3.63) is 23.4 Å². The summed E-state index contributed by atoms with van der Waals surface area (Å²) in [4.78, 5) is 4.43. The average Bonchev–Trinajstić information content (AvgIpc) is 2.35. The first-order chi connectivity index (χ1) is 8.67. The lowest BCUT2D eigenvalue weighted by Crippen LogP contribution is -2.15. The van der Waals surface area contributed by atoms with Crippen molar-refractivity contribution in [2.75, 3.05) is 0 Å². The second-order valence-electron chi connectivity index (χ2n) is 4.90. The Bertz CT molecular complexity index is 352. The monoisotopic (exact) mass is 250 g/mol. The largest absolute Gasteiger partial charge is 0.474 e. The minimum absolute atomic E-state index is 0.210. The maximum absolute atomic E-state index is 5.91. The van der Waals surface area contributed by atoms with E-state index in [1.165, 1.54) is 25.7 Å². The van der Waals surface area contributed by atoms with Crippen LogP contribution in [-0.2, 0) is 6.54 Å². The van der Waals surface area contributed by atoms with E-state index in [4.69, 9.17) is 10.5 Å². The van der Waals surface area contributed by atoms with Crippen molar-refractivity contribution in [1.29, 1.82) is 0 Å². The fraction of sp³-hybridized carbons (Fsp3) is 0.667.